The smallest absolute Gasteiger partial charge is 0.228 e. The maximum Gasteiger partial charge on any atom is 0.228 e. The van der Waals surface area contributed by atoms with Gasteiger partial charge in [-0.3, -0.25) is 4.79 Å². The first-order valence-electron chi connectivity index (χ1n) is 6.87. The van der Waals surface area contributed by atoms with E-state index in [0.29, 0.717) is 6.42 Å². The number of amides is 1. The molecule has 2 rings (SSSR count). The number of nitrogens with one attached hydrogen (secondary N) is 1. The highest BCUT2D eigenvalue weighted by molar-refractivity contribution is 5.99. The number of rotatable bonds is 6. The van der Waals surface area contributed by atoms with Crippen LogP contribution in [0.25, 0.3) is 0 Å². The summed E-state index contributed by atoms with van der Waals surface area (Å²) in [6.45, 7) is 7.75. The highest BCUT2D eigenvalue weighted by atomic mass is 16.1. The maximum absolute atomic E-state index is 11.4. The molecule has 1 amide bonds. The van der Waals surface area contributed by atoms with E-state index in [1.54, 1.807) is 0 Å². The molecule has 0 aliphatic carbocycles. The third-order valence-electron chi connectivity index (χ3n) is 3.57. The van der Waals surface area contributed by atoms with Gasteiger partial charge in [-0.25, -0.2) is 0 Å². The molecule has 1 aromatic carbocycles. The van der Waals surface area contributed by atoms with Crippen LogP contribution in [0.2, 0.25) is 0 Å². The monoisotopic (exact) mass is 246 g/mol. The summed E-state index contributed by atoms with van der Waals surface area (Å²) in [6, 6.07) is 6.18. The van der Waals surface area contributed by atoms with Crippen molar-refractivity contribution in [3.05, 3.63) is 29.3 Å². The topological polar surface area (TPSA) is 32.3 Å². The van der Waals surface area contributed by atoms with E-state index in [4.69, 9.17) is 0 Å². The van der Waals surface area contributed by atoms with Crippen LogP contribution in [0.1, 0.15) is 31.4 Å². The van der Waals surface area contributed by atoms with Crippen LogP contribution in [0.5, 0.6) is 0 Å². The predicted molar refractivity (Wildman–Crippen MR) is 74.9 cm³/mol. The fourth-order valence-corrected chi connectivity index (χ4v) is 2.57. The summed E-state index contributed by atoms with van der Waals surface area (Å²) in [5.41, 5.74) is 3.53. The number of hydrogen-bond acceptors (Lipinski definition) is 2. The van der Waals surface area contributed by atoms with Gasteiger partial charge in [0.2, 0.25) is 5.91 Å². The second-order valence-corrected chi connectivity index (χ2v) is 4.85. The minimum Gasteiger partial charge on any atom is -0.326 e. The molecular formula is C15H22N2O. The molecule has 0 aromatic heterocycles. The van der Waals surface area contributed by atoms with Gasteiger partial charge < -0.3 is 10.2 Å². The number of likely N-dealkylation sites (N-methyl/N-ethyl adjacent to an activating group) is 1. The van der Waals surface area contributed by atoms with Crippen LogP contribution >= 0.6 is 0 Å². The molecule has 1 N–H and O–H groups in total. The molecule has 0 unspecified atom stereocenters. The van der Waals surface area contributed by atoms with Crippen LogP contribution in [0, 0.1) is 0 Å². The zero-order valence-corrected chi connectivity index (χ0v) is 11.3. The van der Waals surface area contributed by atoms with Gasteiger partial charge in [0.1, 0.15) is 0 Å². The van der Waals surface area contributed by atoms with Crippen LogP contribution in [-0.2, 0) is 17.6 Å². The third-order valence-corrected chi connectivity index (χ3v) is 3.57. The molecule has 1 heterocycles. The average Bonchev–Trinajstić information content (AvgIpc) is 2.75. The summed E-state index contributed by atoms with van der Waals surface area (Å²) < 4.78 is 0. The SMILES string of the molecule is CCCN(CC)CCc1cccc2c1CC(=O)N2. The zero-order chi connectivity index (χ0) is 13.0. The Morgan fingerprint density at radius 2 is 2.11 bits per heavy atom. The molecule has 1 aromatic rings. The summed E-state index contributed by atoms with van der Waals surface area (Å²) in [4.78, 5) is 13.9. The number of benzene rings is 1. The van der Waals surface area contributed by atoms with Crippen molar-refractivity contribution >= 4 is 11.6 Å². The Labute approximate surface area is 109 Å². The molecule has 1 aliphatic rings. The Balaban J connectivity index is 2.02. The van der Waals surface area contributed by atoms with Gasteiger partial charge in [0, 0.05) is 12.2 Å². The number of hydrogen-bond donors (Lipinski definition) is 1. The van der Waals surface area contributed by atoms with Crippen molar-refractivity contribution in [2.75, 3.05) is 25.0 Å². The van der Waals surface area contributed by atoms with Crippen LogP contribution in [-0.4, -0.2) is 30.4 Å². The van der Waals surface area contributed by atoms with Crippen LogP contribution in [0.3, 0.4) is 0 Å². The molecule has 1 aliphatic heterocycles. The molecule has 0 fully saturated rings. The van der Waals surface area contributed by atoms with Gasteiger partial charge in [0.15, 0.2) is 0 Å². The van der Waals surface area contributed by atoms with E-state index >= 15 is 0 Å². The quantitative estimate of drug-likeness (QED) is 0.836. The van der Waals surface area contributed by atoms with Gasteiger partial charge in [-0.2, -0.15) is 0 Å². The van der Waals surface area contributed by atoms with E-state index in [9.17, 15) is 4.79 Å². The fraction of sp³-hybridized carbons (Fsp3) is 0.533. The molecular weight excluding hydrogens is 224 g/mol. The number of carbonyl (C=O) groups is 1. The molecule has 0 radical (unpaired) electrons. The van der Waals surface area contributed by atoms with Crippen molar-refractivity contribution in [2.24, 2.45) is 0 Å². The Morgan fingerprint density at radius 3 is 2.83 bits per heavy atom. The molecule has 0 saturated carbocycles. The first-order valence-corrected chi connectivity index (χ1v) is 6.87. The molecule has 0 spiro atoms. The van der Waals surface area contributed by atoms with Gasteiger partial charge in [-0.05, 0) is 43.1 Å². The van der Waals surface area contributed by atoms with E-state index in [1.165, 1.54) is 17.5 Å². The van der Waals surface area contributed by atoms with Crippen molar-refractivity contribution in [1.82, 2.24) is 4.90 Å². The molecule has 0 bridgehead atoms. The van der Waals surface area contributed by atoms with Crippen molar-refractivity contribution in [3.63, 3.8) is 0 Å². The maximum atomic E-state index is 11.4. The summed E-state index contributed by atoms with van der Waals surface area (Å²) in [5.74, 6) is 0.123. The van der Waals surface area contributed by atoms with Crippen molar-refractivity contribution in [2.45, 2.75) is 33.1 Å². The molecule has 98 valence electrons. The molecule has 3 nitrogen and oxygen atoms in total. The lowest BCUT2D eigenvalue weighted by molar-refractivity contribution is -0.115. The van der Waals surface area contributed by atoms with Gasteiger partial charge in [-0.1, -0.05) is 26.0 Å². The van der Waals surface area contributed by atoms with E-state index in [-0.39, 0.29) is 5.91 Å². The molecule has 3 heteroatoms. The van der Waals surface area contributed by atoms with Gasteiger partial charge in [0.25, 0.3) is 0 Å². The van der Waals surface area contributed by atoms with E-state index in [0.717, 1.165) is 31.7 Å². The summed E-state index contributed by atoms with van der Waals surface area (Å²) in [7, 11) is 0. The average molecular weight is 246 g/mol. The summed E-state index contributed by atoms with van der Waals surface area (Å²) >= 11 is 0. The lowest BCUT2D eigenvalue weighted by Crippen LogP contribution is -2.26. The molecule has 0 atom stereocenters. The third kappa shape index (κ3) is 2.91. The van der Waals surface area contributed by atoms with E-state index < -0.39 is 0 Å². The van der Waals surface area contributed by atoms with Crippen molar-refractivity contribution < 1.29 is 4.79 Å². The lowest BCUT2D eigenvalue weighted by atomic mass is 10.0. The van der Waals surface area contributed by atoms with E-state index in [1.807, 2.05) is 12.1 Å². The first-order chi connectivity index (χ1) is 8.74. The van der Waals surface area contributed by atoms with Crippen molar-refractivity contribution in [3.8, 4) is 0 Å². The second-order valence-electron chi connectivity index (χ2n) is 4.85. The minimum absolute atomic E-state index is 0.123. The molecule has 18 heavy (non-hydrogen) atoms. The van der Waals surface area contributed by atoms with Gasteiger partial charge in [-0.15, -0.1) is 0 Å². The number of anilines is 1. The standard InChI is InChI=1S/C15H22N2O/c1-3-9-17(4-2)10-8-12-6-5-7-14-13(12)11-15(18)16-14/h5-7H,3-4,8-11H2,1-2H3,(H,16,18). The highest BCUT2D eigenvalue weighted by Gasteiger charge is 2.20. The number of fused-ring (bicyclic) bond motifs is 1. The van der Waals surface area contributed by atoms with Crippen molar-refractivity contribution in [1.29, 1.82) is 0 Å². The zero-order valence-electron chi connectivity index (χ0n) is 11.3. The summed E-state index contributed by atoms with van der Waals surface area (Å²) in [6.07, 6.45) is 2.78. The Bertz CT molecular complexity index is 429. The van der Waals surface area contributed by atoms with Gasteiger partial charge >= 0.3 is 0 Å². The van der Waals surface area contributed by atoms with Crippen LogP contribution in [0.15, 0.2) is 18.2 Å². The Morgan fingerprint density at radius 1 is 1.28 bits per heavy atom. The number of nitrogens with zero attached hydrogens (tertiary/aromatic N) is 1. The minimum atomic E-state index is 0.123. The number of carbonyl (C=O) groups excluding carboxylic acids is 1. The second kappa shape index (κ2) is 6.01. The van der Waals surface area contributed by atoms with E-state index in [2.05, 4.69) is 30.1 Å². The van der Waals surface area contributed by atoms with Gasteiger partial charge in [0.05, 0.1) is 6.42 Å². The largest absolute Gasteiger partial charge is 0.326 e. The Kier molecular flexibility index (Phi) is 4.37. The summed E-state index contributed by atoms with van der Waals surface area (Å²) in [5, 5.41) is 2.91. The molecule has 0 saturated heterocycles. The first kappa shape index (κ1) is 13.1. The normalized spacial score (nSPS) is 13.8. The fourth-order valence-electron chi connectivity index (χ4n) is 2.57. The lowest BCUT2D eigenvalue weighted by Gasteiger charge is -2.20. The Hall–Kier alpha value is -1.35. The highest BCUT2D eigenvalue weighted by Crippen LogP contribution is 2.26. The van der Waals surface area contributed by atoms with Crippen LogP contribution in [0.4, 0.5) is 5.69 Å². The predicted octanol–water partition coefficient (Wildman–Crippen LogP) is 2.46. The van der Waals surface area contributed by atoms with Crippen LogP contribution < -0.4 is 5.32 Å².